The van der Waals surface area contributed by atoms with Crippen LogP contribution in [0.4, 0.5) is 0 Å². The van der Waals surface area contributed by atoms with Crippen LogP contribution in [0, 0.1) is 0 Å². The quantitative estimate of drug-likeness (QED) is 0.732. The topological polar surface area (TPSA) is 53.6 Å². The van der Waals surface area contributed by atoms with Crippen molar-refractivity contribution >= 4 is 6.08 Å². The van der Waals surface area contributed by atoms with Crippen molar-refractivity contribution in [2.45, 2.75) is 0 Å². The van der Waals surface area contributed by atoms with Crippen molar-refractivity contribution in [3.05, 3.63) is 66.7 Å². The first-order valence-corrected chi connectivity index (χ1v) is 6.52. The molecular weight excluding hydrogens is 264 g/mol. The maximum atomic E-state index is 9.36. The number of hydrogen-bond acceptors (Lipinski definition) is 3. The molecule has 0 amide bonds. The van der Waals surface area contributed by atoms with E-state index in [0.29, 0.717) is 11.5 Å². The molecule has 0 atom stereocenters. The summed E-state index contributed by atoms with van der Waals surface area (Å²) in [5.41, 5.74) is 2.62. The average Bonchev–Trinajstić information content (AvgIpc) is 2.93. The number of hydrogen-bond donors (Lipinski definition) is 2. The van der Waals surface area contributed by atoms with E-state index in [2.05, 4.69) is 6.58 Å². The molecule has 0 aliphatic carbocycles. The molecule has 3 heteroatoms. The van der Waals surface area contributed by atoms with Gasteiger partial charge in [-0.05, 0) is 54.6 Å². The van der Waals surface area contributed by atoms with Gasteiger partial charge in [0.15, 0.2) is 0 Å². The molecular formula is C18H14O3. The van der Waals surface area contributed by atoms with Crippen molar-refractivity contribution in [3.63, 3.8) is 0 Å². The van der Waals surface area contributed by atoms with Gasteiger partial charge < -0.3 is 14.6 Å². The van der Waals surface area contributed by atoms with Crippen LogP contribution in [0.5, 0.6) is 11.5 Å². The molecule has 0 saturated carbocycles. The molecule has 3 rings (SSSR count). The first kappa shape index (κ1) is 13.1. The van der Waals surface area contributed by atoms with Gasteiger partial charge in [0.2, 0.25) is 0 Å². The molecule has 3 aromatic rings. The molecule has 21 heavy (non-hydrogen) atoms. The summed E-state index contributed by atoms with van der Waals surface area (Å²) in [5, 5.41) is 18.7. The number of rotatable bonds is 3. The third-order valence-electron chi connectivity index (χ3n) is 3.26. The van der Waals surface area contributed by atoms with Crippen molar-refractivity contribution in [3.8, 4) is 34.1 Å². The zero-order valence-corrected chi connectivity index (χ0v) is 11.3. The first-order chi connectivity index (χ1) is 10.2. The lowest BCUT2D eigenvalue weighted by atomic mass is 10.1. The molecule has 0 fully saturated rings. The molecule has 0 saturated heterocycles. The highest BCUT2D eigenvalue weighted by Gasteiger charge is 2.12. The average molecular weight is 278 g/mol. The minimum atomic E-state index is 0.212. The van der Waals surface area contributed by atoms with Crippen LogP contribution in [0.3, 0.4) is 0 Å². The van der Waals surface area contributed by atoms with Crippen LogP contribution in [0.1, 0.15) is 5.56 Å². The second-order valence-electron chi connectivity index (χ2n) is 4.69. The summed E-state index contributed by atoms with van der Waals surface area (Å²) in [6, 6.07) is 15.5. The molecule has 1 aromatic heterocycles. The highest BCUT2D eigenvalue weighted by molar-refractivity contribution is 5.75. The molecule has 2 aromatic carbocycles. The van der Waals surface area contributed by atoms with Crippen LogP contribution in [0.15, 0.2) is 65.6 Å². The fourth-order valence-corrected chi connectivity index (χ4v) is 2.16. The summed E-state index contributed by atoms with van der Waals surface area (Å²) in [5.74, 6) is 1.83. The van der Waals surface area contributed by atoms with E-state index in [0.717, 1.165) is 16.7 Å². The van der Waals surface area contributed by atoms with Gasteiger partial charge in [-0.3, -0.25) is 0 Å². The monoisotopic (exact) mass is 278 g/mol. The second kappa shape index (κ2) is 5.21. The molecule has 104 valence electrons. The Balaban J connectivity index is 2.08. The predicted molar refractivity (Wildman–Crippen MR) is 83.0 cm³/mol. The molecule has 0 radical (unpaired) electrons. The van der Waals surface area contributed by atoms with Crippen LogP contribution in [0.25, 0.3) is 28.7 Å². The van der Waals surface area contributed by atoms with Gasteiger partial charge in [0.1, 0.15) is 23.0 Å². The summed E-state index contributed by atoms with van der Waals surface area (Å²) in [4.78, 5) is 0. The predicted octanol–water partition coefficient (Wildman–Crippen LogP) is 4.67. The third-order valence-corrected chi connectivity index (χ3v) is 3.26. The maximum Gasteiger partial charge on any atom is 0.142 e. The highest BCUT2D eigenvalue weighted by atomic mass is 16.3. The zero-order valence-electron chi connectivity index (χ0n) is 11.3. The highest BCUT2D eigenvalue weighted by Crippen LogP contribution is 2.34. The molecule has 0 spiro atoms. The van der Waals surface area contributed by atoms with Crippen molar-refractivity contribution in [1.82, 2.24) is 0 Å². The molecule has 0 aliphatic rings. The second-order valence-corrected chi connectivity index (χ2v) is 4.69. The van der Waals surface area contributed by atoms with E-state index in [1.807, 2.05) is 6.07 Å². The van der Waals surface area contributed by atoms with Gasteiger partial charge in [0.05, 0.1) is 0 Å². The van der Waals surface area contributed by atoms with Gasteiger partial charge in [-0.15, -0.1) is 0 Å². The smallest absolute Gasteiger partial charge is 0.142 e. The van der Waals surface area contributed by atoms with E-state index >= 15 is 0 Å². The van der Waals surface area contributed by atoms with Gasteiger partial charge in [0.25, 0.3) is 0 Å². The summed E-state index contributed by atoms with van der Waals surface area (Å²) >= 11 is 0. The van der Waals surface area contributed by atoms with Gasteiger partial charge >= 0.3 is 0 Å². The standard InChI is InChI=1S/C18H14O3/c1-2-12-11-17(13-3-7-15(19)8-4-13)21-18(12)14-5-9-16(20)10-6-14/h2-11,19-20H,1H2. The lowest BCUT2D eigenvalue weighted by Crippen LogP contribution is -1.76. The van der Waals surface area contributed by atoms with Crippen LogP contribution >= 0.6 is 0 Å². The largest absolute Gasteiger partial charge is 0.508 e. The lowest BCUT2D eigenvalue weighted by molar-refractivity contribution is 0.475. The van der Waals surface area contributed by atoms with Gasteiger partial charge in [-0.1, -0.05) is 12.7 Å². The third kappa shape index (κ3) is 2.54. The number of benzene rings is 2. The molecule has 1 heterocycles. The van der Waals surface area contributed by atoms with E-state index in [4.69, 9.17) is 4.42 Å². The minimum absolute atomic E-state index is 0.212. The number of phenolic OH excluding ortho intramolecular Hbond substituents is 2. The van der Waals surface area contributed by atoms with E-state index in [-0.39, 0.29) is 11.5 Å². The van der Waals surface area contributed by atoms with Crippen molar-refractivity contribution in [1.29, 1.82) is 0 Å². The van der Waals surface area contributed by atoms with Gasteiger partial charge in [-0.2, -0.15) is 0 Å². The molecule has 0 aliphatic heterocycles. The Morgan fingerprint density at radius 1 is 0.810 bits per heavy atom. The Bertz CT molecular complexity index is 765. The fourth-order valence-electron chi connectivity index (χ4n) is 2.16. The number of phenols is 2. The molecule has 3 nitrogen and oxygen atoms in total. The van der Waals surface area contributed by atoms with E-state index in [1.165, 1.54) is 0 Å². The molecule has 0 unspecified atom stereocenters. The van der Waals surface area contributed by atoms with E-state index in [9.17, 15) is 10.2 Å². The maximum absolute atomic E-state index is 9.36. The van der Waals surface area contributed by atoms with Crippen molar-refractivity contribution < 1.29 is 14.6 Å². The first-order valence-electron chi connectivity index (χ1n) is 6.52. The van der Waals surface area contributed by atoms with Crippen LogP contribution in [-0.2, 0) is 0 Å². The van der Waals surface area contributed by atoms with Gasteiger partial charge in [-0.25, -0.2) is 0 Å². The summed E-state index contributed by atoms with van der Waals surface area (Å²) in [6.45, 7) is 3.81. The Hall–Kier alpha value is -2.94. The Labute approximate surface area is 122 Å². The lowest BCUT2D eigenvalue weighted by Gasteiger charge is -2.00. The number of furan rings is 1. The summed E-state index contributed by atoms with van der Waals surface area (Å²) < 4.78 is 5.92. The minimum Gasteiger partial charge on any atom is -0.508 e. The van der Waals surface area contributed by atoms with Crippen LogP contribution < -0.4 is 0 Å². The van der Waals surface area contributed by atoms with E-state index < -0.39 is 0 Å². The molecule has 0 bridgehead atoms. The Kier molecular flexibility index (Phi) is 3.24. The SMILES string of the molecule is C=Cc1cc(-c2ccc(O)cc2)oc1-c1ccc(O)cc1. The van der Waals surface area contributed by atoms with Gasteiger partial charge in [0, 0.05) is 16.7 Å². The summed E-state index contributed by atoms with van der Waals surface area (Å²) in [6.07, 6.45) is 1.73. The van der Waals surface area contributed by atoms with Crippen LogP contribution in [0.2, 0.25) is 0 Å². The normalized spacial score (nSPS) is 10.5. The van der Waals surface area contributed by atoms with Crippen molar-refractivity contribution in [2.75, 3.05) is 0 Å². The van der Waals surface area contributed by atoms with Crippen LogP contribution in [-0.4, -0.2) is 10.2 Å². The van der Waals surface area contributed by atoms with Crippen molar-refractivity contribution in [2.24, 2.45) is 0 Å². The number of aromatic hydroxyl groups is 2. The fraction of sp³-hybridized carbons (Fsp3) is 0. The molecule has 2 N–H and O–H groups in total. The Morgan fingerprint density at radius 3 is 1.86 bits per heavy atom. The summed E-state index contributed by atoms with van der Waals surface area (Å²) in [7, 11) is 0. The zero-order chi connectivity index (χ0) is 14.8. The Morgan fingerprint density at radius 2 is 1.33 bits per heavy atom. The van der Waals surface area contributed by atoms with E-state index in [1.54, 1.807) is 54.6 Å².